The molecule has 12 rings (SSSR count). The van der Waals surface area contributed by atoms with E-state index in [2.05, 4.69) is 160 Å². The maximum absolute atomic E-state index is 5.29. The van der Waals surface area contributed by atoms with Gasteiger partial charge in [-0.25, -0.2) is 4.99 Å². The molecule has 2 aliphatic rings. The molecule has 1 aliphatic carbocycles. The molecule has 0 saturated heterocycles. The molecule has 10 aromatic rings. The molecule has 49 heavy (non-hydrogen) atoms. The molecule has 1 unspecified atom stereocenters. The van der Waals surface area contributed by atoms with Gasteiger partial charge in [-0.3, -0.25) is 4.40 Å². The smallest absolute Gasteiger partial charge is 0.138 e. The highest BCUT2D eigenvalue weighted by molar-refractivity contribution is 7.26. The maximum atomic E-state index is 5.29. The van der Waals surface area contributed by atoms with Crippen LogP contribution in [0.2, 0.25) is 0 Å². The van der Waals surface area contributed by atoms with Crippen LogP contribution in [0.25, 0.3) is 86.0 Å². The van der Waals surface area contributed by atoms with Crippen molar-refractivity contribution in [3.05, 3.63) is 146 Å². The Bertz CT molecular complexity index is 3130. The fraction of sp³-hybridized carbons (Fsp3) is 0.0227. The van der Waals surface area contributed by atoms with Crippen LogP contribution in [0.15, 0.2) is 151 Å². The molecule has 228 valence electrons. The number of allylic oxidation sites excluding steroid dienone is 2. The normalized spacial score (nSPS) is 15.7. The predicted molar refractivity (Wildman–Crippen MR) is 209 cm³/mol. The van der Waals surface area contributed by atoms with Crippen LogP contribution in [0.5, 0.6) is 0 Å². The number of hydrogen-bond donors (Lipinski definition) is 1. The van der Waals surface area contributed by atoms with Crippen molar-refractivity contribution >= 4 is 97.7 Å². The van der Waals surface area contributed by atoms with Crippen molar-refractivity contribution < 1.29 is 0 Å². The van der Waals surface area contributed by atoms with Gasteiger partial charge in [0, 0.05) is 58.4 Å². The molecule has 0 amide bonds. The Hall–Kier alpha value is -6.17. The zero-order chi connectivity index (χ0) is 31.8. The molecular formula is C44H26N4S. The van der Waals surface area contributed by atoms with Crippen LogP contribution in [0.1, 0.15) is 0 Å². The van der Waals surface area contributed by atoms with Gasteiger partial charge in [0.15, 0.2) is 0 Å². The first kappa shape index (κ1) is 25.9. The highest BCUT2D eigenvalue weighted by atomic mass is 32.1. The van der Waals surface area contributed by atoms with Crippen molar-refractivity contribution in [3.63, 3.8) is 0 Å². The van der Waals surface area contributed by atoms with Crippen LogP contribution in [-0.4, -0.2) is 20.7 Å². The highest BCUT2D eigenvalue weighted by Gasteiger charge is 2.30. The summed E-state index contributed by atoms with van der Waals surface area (Å²) < 4.78 is 7.52. The van der Waals surface area contributed by atoms with E-state index in [1.807, 2.05) is 11.3 Å². The topological polar surface area (TPSA) is 33.7 Å². The van der Waals surface area contributed by atoms with E-state index in [1.165, 1.54) is 86.0 Å². The number of nitrogens with zero attached hydrogens (tertiary/aromatic N) is 3. The van der Waals surface area contributed by atoms with Gasteiger partial charge in [0.2, 0.25) is 0 Å². The largest absolute Gasteiger partial charge is 0.357 e. The number of benzene rings is 6. The summed E-state index contributed by atoms with van der Waals surface area (Å²) in [6.45, 7) is 0. The predicted octanol–water partition coefficient (Wildman–Crippen LogP) is 11.8. The van der Waals surface area contributed by atoms with E-state index in [0.29, 0.717) is 0 Å². The second-order valence-electron chi connectivity index (χ2n) is 13.2. The monoisotopic (exact) mass is 642 g/mol. The lowest BCUT2D eigenvalue weighted by Gasteiger charge is -2.23. The fourth-order valence-electron chi connectivity index (χ4n) is 8.58. The number of para-hydroxylation sites is 3. The molecule has 0 fully saturated rings. The van der Waals surface area contributed by atoms with Gasteiger partial charge in [-0.05, 0) is 54.1 Å². The quantitative estimate of drug-likeness (QED) is 0.200. The number of aromatic nitrogens is 2. The standard InChI is InChI=1S/C44H26N4S/c1-2-11-26(12-3-1)47-36-19-8-4-13-28(36)30-16-10-15-27(41(30)47)25-21-22-37-32(23-25)39-42-33(24-31-29-14-5-9-20-38(29)49-43(31)39)40-44(48(37)42)46-35-18-7-6-17-34(35)45-40/h1-24,35,46H. The van der Waals surface area contributed by atoms with Crippen LogP contribution >= 0.6 is 11.3 Å². The third-order valence-electron chi connectivity index (χ3n) is 10.6. The molecule has 0 spiro atoms. The minimum atomic E-state index is 0.0595. The van der Waals surface area contributed by atoms with E-state index >= 15 is 0 Å². The van der Waals surface area contributed by atoms with E-state index in [-0.39, 0.29) is 6.04 Å². The summed E-state index contributed by atoms with van der Waals surface area (Å²) in [4.78, 5) is 5.29. The van der Waals surface area contributed by atoms with Gasteiger partial charge in [0.1, 0.15) is 11.5 Å². The summed E-state index contributed by atoms with van der Waals surface area (Å²) >= 11 is 1.90. The first-order valence-corrected chi connectivity index (χ1v) is 17.6. The molecule has 0 radical (unpaired) electrons. The zero-order valence-corrected chi connectivity index (χ0v) is 27.0. The lowest BCUT2D eigenvalue weighted by Crippen LogP contribution is -2.30. The average molecular weight is 643 g/mol. The molecule has 5 heteroatoms. The Kier molecular flexibility index (Phi) is 4.88. The van der Waals surface area contributed by atoms with Gasteiger partial charge < -0.3 is 9.88 Å². The molecule has 4 aromatic heterocycles. The van der Waals surface area contributed by atoms with Gasteiger partial charge >= 0.3 is 0 Å². The molecule has 0 saturated carbocycles. The van der Waals surface area contributed by atoms with Gasteiger partial charge in [-0.15, -0.1) is 11.3 Å². The third kappa shape index (κ3) is 3.30. The van der Waals surface area contributed by atoms with Crippen molar-refractivity contribution in [3.8, 4) is 16.8 Å². The number of thiophene rings is 1. The molecule has 1 N–H and O–H groups in total. The van der Waals surface area contributed by atoms with E-state index < -0.39 is 0 Å². The maximum Gasteiger partial charge on any atom is 0.138 e. The van der Waals surface area contributed by atoms with Crippen molar-refractivity contribution in [2.24, 2.45) is 4.99 Å². The van der Waals surface area contributed by atoms with Crippen molar-refractivity contribution in [1.29, 1.82) is 0 Å². The molecule has 4 nitrogen and oxygen atoms in total. The lowest BCUT2D eigenvalue weighted by molar-refractivity contribution is 1.09. The van der Waals surface area contributed by atoms with E-state index in [0.717, 1.165) is 17.2 Å². The van der Waals surface area contributed by atoms with Crippen LogP contribution in [0.4, 0.5) is 11.5 Å². The van der Waals surface area contributed by atoms with E-state index in [9.17, 15) is 0 Å². The summed E-state index contributed by atoms with van der Waals surface area (Å²) in [7, 11) is 0. The van der Waals surface area contributed by atoms with Crippen molar-refractivity contribution in [2.45, 2.75) is 6.04 Å². The third-order valence-corrected chi connectivity index (χ3v) is 11.8. The van der Waals surface area contributed by atoms with E-state index in [1.54, 1.807) is 0 Å². The Morgan fingerprint density at radius 1 is 0.633 bits per heavy atom. The number of rotatable bonds is 2. The minimum Gasteiger partial charge on any atom is -0.357 e. The molecule has 6 aromatic carbocycles. The summed E-state index contributed by atoms with van der Waals surface area (Å²) in [5, 5.41) is 12.8. The van der Waals surface area contributed by atoms with Gasteiger partial charge in [-0.1, -0.05) is 97.1 Å². The number of fused-ring (bicyclic) bond motifs is 14. The van der Waals surface area contributed by atoms with Crippen molar-refractivity contribution in [1.82, 2.24) is 8.97 Å². The molecule has 5 heterocycles. The van der Waals surface area contributed by atoms with Crippen LogP contribution in [0.3, 0.4) is 0 Å². The van der Waals surface area contributed by atoms with Gasteiger partial charge in [-0.2, -0.15) is 0 Å². The summed E-state index contributed by atoms with van der Waals surface area (Å²) in [5.74, 6) is 1.07. The number of aliphatic imine (C=N–C) groups is 1. The molecule has 1 atom stereocenters. The van der Waals surface area contributed by atoms with Crippen LogP contribution in [0, 0.1) is 0 Å². The SMILES string of the molecule is C1=CC2=Nc3c(n4c5ccc(-c6cccc7c8ccccc8n(-c8ccccc8)c67)cc5c5c6sc7ccccc7c6cc3c54)NC2C=C1. The highest BCUT2D eigenvalue weighted by Crippen LogP contribution is 2.52. The Labute approximate surface area is 284 Å². The summed E-state index contributed by atoms with van der Waals surface area (Å²) in [5.41, 5.74) is 10.6. The first-order chi connectivity index (χ1) is 24.3. The second-order valence-corrected chi connectivity index (χ2v) is 14.2. The Morgan fingerprint density at radius 2 is 1.47 bits per heavy atom. The number of hydrogen-bond acceptors (Lipinski definition) is 3. The van der Waals surface area contributed by atoms with Crippen molar-refractivity contribution in [2.75, 3.05) is 5.32 Å². The lowest BCUT2D eigenvalue weighted by atomic mass is 9.98. The fourth-order valence-corrected chi connectivity index (χ4v) is 9.82. The minimum absolute atomic E-state index is 0.0595. The number of nitrogens with one attached hydrogen (secondary N) is 1. The molecular weight excluding hydrogens is 617 g/mol. The van der Waals surface area contributed by atoms with Gasteiger partial charge in [0.25, 0.3) is 0 Å². The second kappa shape index (κ2) is 9.25. The van der Waals surface area contributed by atoms with E-state index in [4.69, 9.17) is 4.99 Å². The van der Waals surface area contributed by atoms with Crippen LogP contribution in [-0.2, 0) is 0 Å². The zero-order valence-electron chi connectivity index (χ0n) is 26.2. The first-order valence-electron chi connectivity index (χ1n) is 16.8. The van der Waals surface area contributed by atoms with Crippen LogP contribution < -0.4 is 5.32 Å². The summed E-state index contributed by atoms with van der Waals surface area (Å²) in [6, 6.07) is 44.6. The number of anilines is 1. The average Bonchev–Trinajstić information content (AvgIpc) is 3.89. The molecule has 0 bridgehead atoms. The Morgan fingerprint density at radius 3 is 2.41 bits per heavy atom. The van der Waals surface area contributed by atoms with Gasteiger partial charge in [0.05, 0.1) is 33.8 Å². The molecule has 1 aliphatic heterocycles. The Balaban J connectivity index is 1.22. The summed E-state index contributed by atoms with van der Waals surface area (Å²) in [6.07, 6.45) is 8.52.